The minimum absolute atomic E-state index is 0.301. The smallest absolute Gasteiger partial charge is 0.152 e. The zero-order valence-corrected chi connectivity index (χ0v) is 10.9. The molecule has 1 rings (SSSR count). The van der Waals surface area contributed by atoms with E-state index in [2.05, 4.69) is 17.1 Å². The van der Waals surface area contributed by atoms with Crippen LogP contribution in [0.1, 0.15) is 6.92 Å². The van der Waals surface area contributed by atoms with E-state index < -0.39 is 9.84 Å². The van der Waals surface area contributed by atoms with Gasteiger partial charge in [0, 0.05) is 39.3 Å². The first-order valence-electron chi connectivity index (χ1n) is 5.69. The van der Waals surface area contributed by atoms with Gasteiger partial charge in [-0.2, -0.15) is 0 Å². The second-order valence-electron chi connectivity index (χ2n) is 4.23. The number of ether oxygens (including phenoxy) is 1. The van der Waals surface area contributed by atoms with Crippen LogP contribution in [-0.2, 0) is 14.6 Å². The molecule has 0 radical (unpaired) electrons. The third-order valence-electron chi connectivity index (χ3n) is 2.93. The molecular weight excluding hydrogens is 228 g/mol. The van der Waals surface area contributed by atoms with E-state index in [4.69, 9.17) is 4.74 Å². The summed E-state index contributed by atoms with van der Waals surface area (Å²) in [6.45, 7) is 5.88. The fourth-order valence-corrected chi connectivity index (χ4v) is 3.01. The van der Waals surface area contributed by atoms with Crippen molar-refractivity contribution in [2.75, 3.05) is 51.4 Å². The molecule has 1 aliphatic rings. The Kier molecular flexibility index (Phi) is 5.68. The molecule has 16 heavy (non-hydrogen) atoms. The monoisotopic (exact) mass is 250 g/mol. The Morgan fingerprint density at radius 1 is 1.38 bits per heavy atom. The van der Waals surface area contributed by atoms with Gasteiger partial charge < -0.3 is 10.1 Å². The van der Waals surface area contributed by atoms with Crippen molar-refractivity contribution in [1.82, 2.24) is 10.2 Å². The maximum absolute atomic E-state index is 11.3. The molecule has 1 atom stereocenters. The molecule has 1 N–H and O–H groups in total. The van der Waals surface area contributed by atoms with Gasteiger partial charge in [-0.05, 0) is 6.92 Å². The van der Waals surface area contributed by atoms with Gasteiger partial charge in [0.25, 0.3) is 0 Å². The zero-order chi connectivity index (χ0) is 12.0. The van der Waals surface area contributed by atoms with Crippen molar-refractivity contribution in [3.63, 3.8) is 0 Å². The first-order chi connectivity index (χ1) is 7.55. The van der Waals surface area contributed by atoms with Crippen LogP contribution < -0.4 is 5.32 Å². The second kappa shape index (κ2) is 6.54. The van der Waals surface area contributed by atoms with Crippen LogP contribution in [0.2, 0.25) is 0 Å². The lowest BCUT2D eigenvalue weighted by atomic mass is 10.2. The van der Waals surface area contributed by atoms with Gasteiger partial charge in [-0.15, -0.1) is 0 Å². The van der Waals surface area contributed by atoms with Crippen LogP contribution in [0.4, 0.5) is 0 Å². The minimum atomic E-state index is -2.76. The van der Waals surface area contributed by atoms with Crippen LogP contribution in [0, 0.1) is 0 Å². The summed E-state index contributed by atoms with van der Waals surface area (Å²) in [5, 5.41) is 3.29. The molecule has 1 saturated heterocycles. The topological polar surface area (TPSA) is 58.6 Å². The van der Waals surface area contributed by atoms with Gasteiger partial charge in [0.05, 0.1) is 18.1 Å². The lowest BCUT2D eigenvalue weighted by Crippen LogP contribution is -2.48. The molecule has 0 aromatic carbocycles. The average molecular weight is 250 g/mol. The highest BCUT2D eigenvalue weighted by molar-refractivity contribution is 7.91. The molecule has 6 heteroatoms. The predicted octanol–water partition coefficient (Wildman–Crippen LogP) is -0.659. The summed E-state index contributed by atoms with van der Waals surface area (Å²) in [5.41, 5.74) is 0. The lowest BCUT2D eigenvalue weighted by molar-refractivity contribution is 0.187. The summed E-state index contributed by atoms with van der Waals surface area (Å²) >= 11 is 0. The molecule has 0 spiro atoms. The average Bonchev–Trinajstić information content (AvgIpc) is 2.24. The summed E-state index contributed by atoms with van der Waals surface area (Å²) in [6, 6.07) is 0.382. The normalized spacial score (nSPS) is 23.1. The number of nitrogens with zero attached hydrogens (tertiary/aromatic N) is 1. The van der Waals surface area contributed by atoms with Crippen LogP contribution in [0.15, 0.2) is 0 Å². The van der Waals surface area contributed by atoms with Gasteiger partial charge in [0.1, 0.15) is 0 Å². The fraction of sp³-hybridized carbons (Fsp3) is 1.00. The largest absolute Gasteiger partial charge is 0.383 e. The summed E-state index contributed by atoms with van der Waals surface area (Å²) in [5.74, 6) is 0.602. The molecule has 1 heterocycles. The van der Waals surface area contributed by atoms with Crippen LogP contribution in [0.25, 0.3) is 0 Å². The maximum Gasteiger partial charge on any atom is 0.152 e. The summed E-state index contributed by atoms with van der Waals surface area (Å²) < 4.78 is 27.5. The van der Waals surface area contributed by atoms with E-state index >= 15 is 0 Å². The Morgan fingerprint density at radius 2 is 2.00 bits per heavy atom. The minimum Gasteiger partial charge on any atom is -0.383 e. The molecule has 1 aliphatic heterocycles. The molecule has 0 bridgehead atoms. The first-order valence-corrected chi connectivity index (χ1v) is 7.51. The Bertz CT molecular complexity index is 278. The molecule has 0 amide bonds. The number of rotatable bonds is 6. The van der Waals surface area contributed by atoms with Gasteiger partial charge in [-0.1, -0.05) is 0 Å². The number of hydrogen-bond donors (Lipinski definition) is 1. The number of methoxy groups -OCH3 is 1. The van der Waals surface area contributed by atoms with Gasteiger partial charge in [0.15, 0.2) is 9.84 Å². The fourth-order valence-electron chi connectivity index (χ4n) is 1.78. The van der Waals surface area contributed by atoms with E-state index in [0.717, 1.165) is 13.1 Å². The summed E-state index contributed by atoms with van der Waals surface area (Å²) in [6.07, 6.45) is 0. The summed E-state index contributed by atoms with van der Waals surface area (Å²) in [7, 11) is -1.08. The van der Waals surface area contributed by atoms with Gasteiger partial charge >= 0.3 is 0 Å². The van der Waals surface area contributed by atoms with Crippen LogP contribution in [0.5, 0.6) is 0 Å². The molecule has 0 saturated carbocycles. The van der Waals surface area contributed by atoms with Crippen LogP contribution >= 0.6 is 0 Å². The quantitative estimate of drug-likeness (QED) is 0.634. The number of nitrogens with one attached hydrogen (secondary N) is 1. The van der Waals surface area contributed by atoms with E-state index in [1.165, 1.54) is 0 Å². The van der Waals surface area contributed by atoms with E-state index in [0.29, 0.717) is 37.2 Å². The zero-order valence-electron chi connectivity index (χ0n) is 10.1. The van der Waals surface area contributed by atoms with Gasteiger partial charge in [0.2, 0.25) is 0 Å². The number of hydrogen-bond acceptors (Lipinski definition) is 5. The number of sulfone groups is 1. The van der Waals surface area contributed by atoms with Crippen molar-refractivity contribution in [2.45, 2.75) is 13.0 Å². The van der Waals surface area contributed by atoms with E-state index in [-0.39, 0.29) is 0 Å². The highest BCUT2D eigenvalue weighted by atomic mass is 32.2. The highest BCUT2D eigenvalue weighted by Gasteiger charge is 2.24. The second-order valence-corrected chi connectivity index (χ2v) is 6.54. The molecule has 5 nitrogen and oxygen atoms in total. The molecule has 0 aromatic rings. The summed E-state index contributed by atoms with van der Waals surface area (Å²) in [4.78, 5) is 2.22. The Labute approximate surface area is 98.1 Å². The molecule has 96 valence electrons. The van der Waals surface area contributed by atoms with E-state index in [9.17, 15) is 8.42 Å². The lowest BCUT2D eigenvalue weighted by Gasteiger charge is -2.32. The molecular formula is C10H22N2O3S. The van der Waals surface area contributed by atoms with Crippen molar-refractivity contribution < 1.29 is 13.2 Å². The van der Waals surface area contributed by atoms with Crippen LogP contribution in [0.3, 0.4) is 0 Å². The SMILES string of the molecule is COCCNCC(C)N1CCS(=O)(=O)CC1. The van der Waals surface area contributed by atoms with Crippen LogP contribution in [-0.4, -0.2) is 70.8 Å². The predicted molar refractivity (Wildman–Crippen MR) is 64.4 cm³/mol. The maximum atomic E-state index is 11.3. The Morgan fingerprint density at radius 3 is 2.56 bits per heavy atom. The van der Waals surface area contributed by atoms with Crippen molar-refractivity contribution >= 4 is 9.84 Å². The van der Waals surface area contributed by atoms with Crippen molar-refractivity contribution in [3.05, 3.63) is 0 Å². The third kappa shape index (κ3) is 4.78. The van der Waals surface area contributed by atoms with Crippen molar-refractivity contribution in [3.8, 4) is 0 Å². The van der Waals surface area contributed by atoms with Gasteiger partial charge in [-0.3, -0.25) is 4.90 Å². The Balaban J connectivity index is 2.20. The van der Waals surface area contributed by atoms with Crippen molar-refractivity contribution in [2.24, 2.45) is 0 Å². The standard InChI is InChI=1S/C10H22N2O3S/c1-10(9-11-3-6-15-2)12-4-7-16(13,14)8-5-12/h10-11H,3-9H2,1-2H3. The molecule has 1 unspecified atom stereocenters. The van der Waals surface area contributed by atoms with Gasteiger partial charge in [-0.25, -0.2) is 8.42 Å². The Hall–Kier alpha value is -0.170. The molecule has 0 aromatic heterocycles. The highest BCUT2D eigenvalue weighted by Crippen LogP contribution is 2.07. The first kappa shape index (κ1) is 13.9. The third-order valence-corrected chi connectivity index (χ3v) is 4.53. The van der Waals surface area contributed by atoms with Crippen molar-refractivity contribution in [1.29, 1.82) is 0 Å². The molecule has 1 fully saturated rings. The molecule has 0 aliphatic carbocycles. The van der Waals surface area contributed by atoms with E-state index in [1.54, 1.807) is 7.11 Å². The van der Waals surface area contributed by atoms with E-state index in [1.807, 2.05) is 0 Å².